The second-order valence-corrected chi connectivity index (χ2v) is 5.85. The Labute approximate surface area is 150 Å². The van der Waals surface area contributed by atoms with Crippen LogP contribution in [0.15, 0.2) is 76.0 Å². The monoisotopic (exact) mass is 350 g/mol. The fourth-order valence-corrected chi connectivity index (χ4v) is 2.38. The average Bonchev–Trinajstić information content (AvgIpc) is 2.63. The Balaban J connectivity index is 1.87. The summed E-state index contributed by atoms with van der Waals surface area (Å²) in [6, 6.07) is 16.0. The zero-order chi connectivity index (χ0) is 18.5. The normalized spacial score (nSPS) is 10.5. The number of hydrogen-bond donors (Lipinski definition) is 0. The summed E-state index contributed by atoms with van der Waals surface area (Å²) < 4.78 is 16.3. The summed E-state index contributed by atoms with van der Waals surface area (Å²) in [5.74, 6) is 0.0142. The van der Waals surface area contributed by atoms with E-state index in [0.29, 0.717) is 29.7 Å². The van der Waals surface area contributed by atoms with Gasteiger partial charge in [-0.15, -0.1) is 0 Å². The minimum atomic E-state index is -0.574. The van der Waals surface area contributed by atoms with Crippen LogP contribution in [0.4, 0.5) is 0 Å². The van der Waals surface area contributed by atoms with Gasteiger partial charge >= 0.3 is 11.6 Å². The van der Waals surface area contributed by atoms with Crippen molar-refractivity contribution >= 4 is 16.9 Å². The lowest BCUT2D eigenvalue weighted by molar-refractivity contribution is -0.130. The molecule has 1 heterocycles. The van der Waals surface area contributed by atoms with E-state index in [0.717, 1.165) is 5.56 Å². The number of ether oxygens (including phenoxy) is 2. The van der Waals surface area contributed by atoms with E-state index in [1.54, 1.807) is 19.1 Å². The van der Waals surface area contributed by atoms with E-state index in [-0.39, 0.29) is 11.3 Å². The van der Waals surface area contributed by atoms with Crippen molar-refractivity contribution in [2.24, 2.45) is 0 Å². The van der Waals surface area contributed by atoms with Gasteiger partial charge in [-0.1, -0.05) is 36.9 Å². The smallest absolute Gasteiger partial charge is 0.338 e. The maximum Gasteiger partial charge on any atom is 0.338 e. The molecule has 0 aliphatic carbocycles. The summed E-state index contributed by atoms with van der Waals surface area (Å²) in [7, 11) is 0. The van der Waals surface area contributed by atoms with Gasteiger partial charge in [0, 0.05) is 29.5 Å². The van der Waals surface area contributed by atoms with Gasteiger partial charge in [0.25, 0.3) is 0 Å². The van der Waals surface area contributed by atoms with Gasteiger partial charge in [0.15, 0.2) is 11.5 Å². The molecule has 2 aromatic carbocycles. The van der Waals surface area contributed by atoms with Gasteiger partial charge in [0.05, 0.1) is 6.61 Å². The van der Waals surface area contributed by atoms with Crippen LogP contribution in [0, 0.1) is 0 Å². The molecule has 0 aliphatic rings. The van der Waals surface area contributed by atoms with Crippen molar-refractivity contribution < 1.29 is 18.7 Å². The molecular weight excluding hydrogens is 332 g/mol. The van der Waals surface area contributed by atoms with Crippen molar-refractivity contribution in [2.75, 3.05) is 6.61 Å². The van der Waals surface area contributed by atoms with E-state index in [4.69, 9.17) is 13.9 Å². The average molecular weight is 350 g/mol. The van der Waals surface area contributed by atoms with Gasteiger partial charge in [-0.3, -0.25) is 0 Å². The molecule has 1 aromatic heterocycles. The van der Waals surface area contributed by atoms with Gasteiger partial charge in [0.1, 0.15) is 5.58 Å². The number of rotatable bonds is 6. The van der Waals surface area contributed by atoms with Crippen LogP contribution >= 0.6 is 0 Å². The Morgan fingerprint density at radius 3 is 2.58 bits per heavy atom. The minimum absolute atomic E-state index is 0.188. The fourth-order valence-electron chi connectivity index (χ4n) is 2.38. The van der Waals surface area contributed by atoms with Crippen LogP contribution in [0.1, 0.15) is 12.5 Å². The third kappa shape index (κ3) is 4.19. The Kier molecular flexibility index (Phi) is 5.17. The first-order valence-electron chi connectivity index (χ1n) is 8.15. The number of hydrogen-bond acceptors (Lipinski definition) is 5. The quantitative estimate of drug-likeness (QED) is 0.292. The second kappa shape index (κ2) is 7.70. The summed E-state index contributed by atoms with van der Waals surface area (Å²) in [6.07, 6.45) is 0.705. The van der Waals surface area contributed by atoms with E-state index >= 15 is 0 Å². The van der Waals surface area contributed by atoms with Gasteiger partial charge in [-0.05, 0) is 24.6 Å². The maximum absolute atomic E-state index is 11.9. The molecule has 0 N–H and O–H groups in total. The van der Waals surface area contributed by atoms with E-state index in [2.05, 4.69) is 6.58 Å². The third-order valence-corrected chi connectivity index (χ3v) is 3.73. The lowest BCUT2D eigenvalue weighted by Crippen LogP contribution is -2.10. The number of carbonyl (C=O) groups excluding carboxylic acids is 1. The highest BCUT2D eigenvalue weighted by molar-refractivity contribution is 5.90. The molecule has 3 aromatic rings. The molecule has 0 amide bonds. The van der Waals surface area contributed by atoms with Gasteiger partial charge < -0.3 is 13.9 Å². The summed E-state index contributed by atoms with van der Waals surface area (Å²) in [5.41, 5.74) is 1.24. The zero-order valence-electron chi connectivity index (χ0n) is 14.4. The van der Waals surface area contributed by atoms with E-state index in [1.165, 1.54) is 12.1 Å². The van der Waals surface area contributed by atoms with Crippen LogP contribution < -0.4 is 15.1 Å². The predicted molar refractivity (Wildman–Crippen MR) is 98.6 cm³/mol. The van der Waals surface area contributed by atoms with Gasteiger partial charge in [-0.2, -0.15) is 0 Å². The molecule has 0 saturated heterocycles. The Morgan fingerprint density at radius 2 is 1.85 bits per heavy atom. The van der Waals surface area contributed by atoms with Crippen molar-refractivity contribution in [2.45, 2.75) is 13.3 Å². The lowest BCUT2D eigenvalue weighted by atomic mass is 10.2. The molecule has 0 bridgehead atoms. The predicted octanol–water partition coefficient (Wildman–Crippen LogP) is 3.90. The van der Waals surface area contributed by atoms with Crippen molar-refractivity contribution in [1.29, 1.82) is 0 Å². The molecule has 5 nitrogen and oxygen atoms in total. The molecule has 26 heavy (non-hydrogen) atoms. The molecule has 0 unspecified atom stereocenters. The van der Waals surface area contributed by atoms with Crippen LogP contribution in [0.3, 0.4) is 0 Å². The Bertz CT molecular complexity index is 1000. The topological polar surface area (TPSA) is 65.7 Å². The molecule has 3 rings (SSSR count). The molecule has 0 atom stereocenters. The van der Waals surface area contributed by atoms with Crippen molar-refractivity contribution in [1.82, 2.24) is 0 Å². The summed E-state index contributed by atoms with van der Waals surface area (Å²) in [5, 5.41) is 0.675. The molecule has 0 spiro atoms. The highest BCUT2D eigenvalue weighted by Crippen LogP contribution is 2.32. The molecular formula is C21H18O5. The lowest BCUT2D eigenvalue weighted by Gasteiger charge is -2.13. The molecule has 0 aliphatic heterocycles. The number of benzene rings is 2. The molecule has 0 radical (unpaired) electrons. The summed E-state index contributed by atoms with van der Waals surface area (Å²) in [6.45, 7) is 5.53. The summed E-state index contributed by atoms with van der Waals surface area (Å²) in [4.78, 5) is 23.3. The maximum atomic E-state index is 11.9. The van der Waals surface area contributed by atoms with Crippen LogP contribution in [-0.4, -0.2) is 12.6 Å². The highest BCUT2D eigenvalue weighted by atomic mass is 16.6. The SMILES string of the molecule is C=C(C)C(=O)Oc1cc2oc(=O)ccc2cc1OCCc1ccccc1. The summed E-state index contributed by atoms with van der Waals surface area (Å²) >= 11 is 0. The first kappa shape index (κ1) is 17.5. The van der Waals surface area contributed by atoms with Crippen LogP contribution in [0.25, 0.3) is 11.0 Å². The van der Waals surface area contributed by atoms with Crippen molar-refractivity contribution in [3.8, 4) is 11.5 Å². The van der Waals surface area contributed by atoms with Crippen LogP contribution in [-0.2, 0) is 11.2 Å². The van der Waals surface area contributed by atoms with Crippen molar-refractivity contribution in [3.63, 3.8) is 0 Å². The highest BCUT2D eigenvalue weighted by Gasteiger charge is 2.14. The van der Waals surface area contributed by atoms with E-state index in [9.17, 15) is 9.59 Å². The second-order valence-electron chi connectivity index (χ2n) is 5.85. The molecule has 0 saturated carbocycles. The number of carbonyl (C=O) groups is 1. The zero-order valence-corrected chi connectivity index (χ0v) is 14.4. The largest absolute Gasteiger partial charge is 0.489 e. The minimum Gasteiger partial charge on any atom is -0.489 e. The van der Waals surface area contributed by atoms with E-state index in [1.807, 2.05) is 30.3 Å². The van der Waals surface area contributed by atoms with Crippen LogP contribution in [0.2, 0.25) is 0 Å². The molecule has 5 heteroatoms. The Morgan fingerprint density at radius 1 is 1.08 bits per heavy atom. The Hall–Kier alpha value is -3.34. The standard InChI is InChI=1S/C21H18O5/c1-14(2)21(23)26-19-13-17-16(8-9-20(22)25-17)12-18(19)24-11-10-15-6-4-3-5-7-15/h3-9,12-13H,1,10-11H2,2H3. The van der Waals surface area contributed by atoms with Gasteiger partial charge in [0.2, 0.25) is 0 Å². The third-order valence-electron chi connectivity index (χ3n) is 3.73. The molecule has 0 fully saturated rings. The van der Waals surface area contributed by atoms with Crippen LogP contribution in [0.5, 0.6) is 11.5 Å². The number of esters is 1. The fraction of sp³-hybridized carbons (Fsp3) is 0.143. The number of fused-ring (bicyclic) bond motifs is 1. The van der Waals surface area contributed by atoms with Gasteiger partial charge in [-0.25, -0.2) is 9.59 Å². The molecule has 132 valence electrons. The first-order chi connectivity index (χ1) is 12.5. The van der Waals surface area contributed by atoms with Crippen molar-refractivity contribution in [3.05, 3.63) is 82.7 Å². The van der Waals surface area contributed by atoms with E-state index < -0.39 is 11.6 Å². The first-order valence-corrected chi connectivity index (χ1v) is 8.15.